The summed E-state index contributed by atoms with van der Waals surface area (Å²) in [5.74, 6) is 0.493. The van der Waals surface area contributed by atoms with E-state index in [0.29, 0.717) is 26.4 Å². The third-order valence-electron chi connectivity index (χ3n) is 8.35. The van der Waals surface area contributed by atoms with Crippen LogP contribution in [0.25, 0.3) is 11.8 Å². The molecule has 2 aliphatic rings. The average Bonchev–Trinajstić information content (AvgIpc) is 3.40. The number of carboxylic acid groups (broad SMARTS) is 1. The highest BCUT2D eigenvalue weighted by atomic mass is 32.1. The Kier molecular flexibility index (Phi) is 7.76. The van der Waals surface area contributed by atoms with Crippen molar-refractivity contribution in [2.45, 2.75) is 25.5 Å². The van der Waals surface area contributed by atoms with Gasteiger partial charge in [0.15, 0.2) is 16.3 Å². The Morgan fingerprint density at radius 2 is 1.78 bits per heavy atom. The monoisotopic (exact) mass is 629 g/mol. The number of rotatable bonds is 8. The lowest BCUT2D eigenvalue weighted by atomic mass is 9.83. The molecule has 0 N–H and O–H groups in total. The number of aryl methyl sites for hydroxylation is 1. The Labute approximate surface area is 268 Å². The number of thiazole rings is 1. The summed E-state index contributed by atoms with van der Waals surface area (Å²) >= 11 is 1.37. The fourth-order valence-electron chi connectivity index (χ4n) is 6.10. The minimum atomic E-state index is -1.24. The molecule has 1 aliphatic heterocycles. The summed E-state index contributed by atoms with van der Waals surface area (Å²) in [6.45, 7) is 0.147. The Bertz CT molecular complexity index is 2200. The van der Waals surface area contributed by atoms with Gasteiger partial charge in [0, 0.05) is 5.56 Å². The fraction of sp³-hybridized carbons (Fsp3) is 0.162. The van der Waals surface area contributed by atoms with Gasteiger partial charge in [-0.15, -0.1) is 0 Å². The van der Waals surface area contributed by atoms with E-state index < -0.39 is 5.97 Å². The van der Waals surface area contributed by atoms with Gasteiger partial charge in [-0.05, 0) is 82.6 Å². The maximum atomic E-state index is 14.1. The number of methoxy groups -OCH3 is 2. The molecule has 9 heteroatoms. The lowest BCUT2D eigenvalue weighted by molar-refractivity contribution is -0.255. The summed E-state index contributed by atoms with van der Waals surface area (Å²) in [7, 11) is 3.19. The molecule has 0 saturated carbocycles. The number of carboxylic acids is 1. The normalized spacial score (nSPS) is 15.3. The van der Waals surface area contributed by atoms with Crippen LogP contribution >= 0.6 is 11.3 Å². The van der Waals surface area contributed by atoms with E-state index in [1.807, 2.05) is 53.1 Å². The molecule has 7 rings (SSSR count). The lowest BCUT2D eigenvalue weighted by Crippen LogP contribution is -2.38. The summed E-state index contributed by atoms with van der Waals surface area (Å²) in [6.07, 6.45) is 3.55. The van der Waals surface area contributed by atoms with Crippen molar-refractivity contribution in [3.63, 3.8) is 0 Å². The molecule has 1 atom stereocenters. The third kappa shape index (κ3) is 5.39. The number of nitrogens with zero attached hydrogens (tertiary/aromatic N) is 2. The first-order chi connectivity index (χ1) is 22.4. The van der Waals surface area contributed by atoms with Crippen LogP contribution in [0, 0.1) is 0 Å². The van der Waals surface area contributed by atoms with Crippen LogP contribution in [-0.2, 0) is 13.0 Å². The van der Waals surface area contributed by atoms with Crippen LogP contribution in [0.1, 0.15) is 50.6 Å². The van der Waals surface area contributed by atoms with Crippen molar-refractivity contribution in [1.82, 2.24) is 4.57 Å². The van der Waals surface area contributed by atoms with E-state index in [-0.39, 0.29) is 23.8 Å². The summed E-state index contributed by atoms with van der Waals surface area (Å²) in [6, 6.07) is 27.8. The van der Waals surface area contributed by atoms with E-state index in [1.54, 1.807) is 32.4 Å². The number of benzene rings is 4. The fourth-order valence-corrected chi connectivity index (χ4v) is 7.10. The van der Waals surface area contributed by atoms with Crippen LogP contribution in [0.2, 0.25) is 0 Å². The number of aromatic carboxylic acids is 1. The van der Waals surface area contributed by atoms with Crippen LogP contribution in [0.4, 0.5) is 0 Å². The molecular weight excluding hydrogens is 600 g/mol. The zero-order chi connectivity index (χ0) is 31.8. The van der Waals surface area contributed by atoms with Crippen molar-refractivity contribution in [3.05, 3.63) is 150 Å². The second kappa shape index (κ2) is 12.2. The molecule has 0 saturated heterocycles. The van der Waals surface area contributed by atoms with E-state index in [4.69, 9.17) is 19.2 Å². The molecule has 4 aromatic carbocycles. The Morgan fingerprint density at radius 1 is 0.957 bits per heavy atom. The van der Waals surface area contributed by atoms with E-state index in [1.165, 1.54) is 29.0 Å². The van der Waals surface area contributed by atoms with Crippen LogP contribution in [0.15, 0.2) is 106 Å². The van der Waals surface area contributed by atoms with Crippen LogP contribution in [-0.4, -0.2) is 24.8 Å². The number of carbonyl (C=O) groups excluding carboxylic acids is 1. The smallest absolute Gasteiger partial charge is 0.271 e. The Balaban J connectivity index is 1.27. The van der Waals surface area contributed by atoms with Crippen molar-refractivity contribution in [3.8, 4) is 17.2 Å². The molecule has 0 fully saturated rings. The molecule has 1 aliphatic carbocycles. The van der Waals surface area contributed by atoms with Gasteiger partial charge in [-0.1, -0.05) is 72.0 Å². The van der Waals surface area contributed by atoms with Crippen molar-refractivity contribution >= 4 is 29.1 Å². The topological polar surface area (TPSA) is 102 Å². The highest BCUT2D eigenvalue weighted by molar-refractivity contribution is 7.07. The maximum absolute atomic E-state index is 14.1. The molecule has 230 valence electrons. The first-order valence-electron chi connectivity index (χ1n) is 14.8. The predicted octanol–water partition coefficient (Wildman–Crippen LogP) is 4.28. The van der Waals surface area contributed by atoms with Gasteiger partial charge in [0.05, 0.1) is 36.5 Å². The molecule has 2 heterocycles. The van der Waals surface area contributed by atoms with Crippen LogP contribution in [0.5, 0.6) is 17.2 Å². The van der Waals surface area contributed by atoms with Crippen molar-refractivity contribution in [1.29, 1.82) is 0 Å². The van der Waals surface area contributed by atoms with Gasteiger partial charge in [0.1, 0.15) is 12.4 Å². The molecule has 5 aromatic rings. The van der Waals surface area contributed by atoms with E-state index in [9.17, 15) is 14.7 Å². The molecule has 8 nitrogen and oxygen atoms in total. The molecule has 0 amide bonds. The van der Waals surface area contributed by atoms with Gasteiger partial charge in [0.2, 0.25) is 0 Å². The second-order valence-electron chi connectivity index (χ2n) is 11.1. The average molecular weight is 630 g/mol. The highest BCUT2D eigenvalue weighted by Crippen LogP contribution is 2.41. The summed E-state index contributed by atoms with van der Waals surface area (Å²) in [5, 5.41) is 11.2. The summed E-state index contributed by atoms with van der Waals surface area (Å²) in [5.41, 5.74) is 6.90. The van der Waals surface area contributed by atoms with Crippen molar-refractivity contribution in [2.75, 3.05) is 14.2 Å². The standard InChI is InChI=1S/C37H30N2O6S/c1-43-27-14-11-25(12-15-27)34-29-16-13-24-7-3-4-9-28(24)33(29)38-37-39(34)35(40)32(46-37)20-22-10-17-30(31(19-22)44-2)45-21-23-6-5-8-26(18-23)36(41)42/h3-12,14-15,17-20,34H,13,16,21H2,1-2H3,(H,41,42)/p-1/b32-20+/t34-/m0/s1. The zero-order valence-corrected chi connectivity index (χ0v) is 26.0. The minimum Gasteiger partial charge on any atom is -0.545 e. The number of ether oxygens (including phenoxy) is 3. The molecular formula is C37H29N2O6S-. The van der Waals surface area contributed by atoms with Gasteiger partial charge in [-0.2, -0.15) is 0 Å². The van der Waals surface area contributed by atoms with E-state index in [0.717, 1.165) is 46.6 Å². The van der Waals surface area contributed by atoms with Crippen LogP contribution < -0.4 is 34.2 Å². The second-order valence-corrected chi connectivity index (χ2v) is 12.1. The number of fused-ring (bicyclic) bond motifs is 3. The largest absolute Gasteiger partial charge is 0.545 e. The third-order valence-corrected chi connectivity index (χ3v) is 9.33. The number of carbonyl (C=O) groups is 1. The predicted molar refractivity (Wildman–Crippen MR) is 174 cm³/mol. The number of hydrogen-bond acceptors (Lipinski definition) is 8. The summed E-state index contributed by atoms with van der Waals surface area (Å²) < 4.78 is 19.4. The van der Waals surface area contributed by atoms with Crippen molar-refractivity contribution < 1.29 is 24.1 Å². The van der Waals surface area contributed by atoms with Gasteiger partial charge < -0.3 is 24.1 Å². The van der Waals surface area contributed by atoms with Gasteiger partial charge in [-0.3, -0.25) is 9.36 Å². The molecule has 1 aromatic heterocycles. The lowest BCUT2D eigenvalue weighted by Gasteiger charge is -2.30. The van der Waals surface area contributed by atoms with Crippen LogP contribution in [0.3, 0.4) is 0 Å². The quantitative estimate of drug-likeness (QED) is 0.254. The van der Waals surface area contributed by atoms with Gasteiger partial charge in [0.25, 0.3) is 5.56 Å². The first-order valence-corrected chi connectivity index (χ1v) is 15.6. The number of hydrogen-bond donors (Lipinski definition) is 0. The van der Waals surface area contributed by atoms with Crippen molar-refractivity contribution in [2.24, 2.45) is 4.99 Å². The maximum Gasteiger partial charge on any atom is 0.271 e. The van der Waals surface area contributed by atoms with E-state index in [2.05, 4.69) is 18.2 Å². The number of aromatic nitrogens is 1. The number of allylic oxidation sites excluding steroid dienone is 1. The zero-order valence-electron chi connectivity index (χ0n) is 25.2. The molecule has 0 unspecified atom stereocenters. The molecule has 0 radical (unpaired) electrons. The Hall–Kier alpha value is -5.41. The minimum absolute atomic E-state index is 0.0872. The van der Waals surface area contributed by atoms with E-state index >= 15 is 0 Å². The summed E-state index contributed by atoms with van der Waals surface area (Å²) in [4.78, 5) is 31.1. The molecule has 0 bridgehead atoms. The van der Waals surface area contributed by atoms with Gasteiger partial charge >= 0.3 is 0 Å². The Morgan fingerprint density at radius 3 is 2.57 bits per heavy atom. The van der Waals surface area contributed by atoms with Gasteiger partial charge in [-0.25, -0.2) is 4.99 Å². The first kappa shape index (κ1) is 29.3. The molecule has 46 heavy (non-hydrogen) atoms. The SMILES string of the molecule is COc1ccc([C@H]2C3=C(N=c4s/c(=C/c5ccc(OCc6cccc(C(=O)[O-])c6)c(OC)c5)c(=O)n42)c2ccccc2CC3)cc1. The highest BCUT2D eigenvalue weighted by Gasteiger charge is 2.32. The molecule has 0 spiro atoms.